The topological polar surface area (TPSA) is 233 Å². The van der Waals surface area contributed by atoms with E-state index >= 15 is 0 Å². The normalized spacial score (nSPS) is 19.3. The maximum absolute atomic E-state index is 14.4. The number of aryl methyl sites for hydroxylation is 1. The van der Waals surface area contributed by atoms with E-state index in [1.54, 1.807) is 42.0 Å². The first-order chi connectivity index (χ1) is 33.3. The van der Waals surface area contributed by atoms with Crippen LogP contribution in [0, 0.1) is 29.1 Å². The van der Waals surface area contributed by atoms with Gasteiger partial charge in [-0.1, -0.05) is 70.2 Å². The first-order valence-electron chi connectivity index (χ1n) is 23.6. The average Bonchev–Trinajstić information content (AvgIpc) is 4.17. The number of aliphatic hydroxyl groups excluding tert-OH is 1. The van der Waals surface area contributed by atoms with Crippen LogP contribution in [0.1, 0.15) is 114 Å². The molecule has 0 unspecified atom stereocenters. The lowest BCUT2D eigenvalue weighted by Crippen LogP contribution is -2.59. The lowest BCUT2D eigenvalue weighted by Gasteiger charge is -2.37. The number of nitriles is 1. The zero-order valence-corrected chi connectivity index (χ0v) is 42.4. The van der Waals surface area contributed by atoms with Crippen molar-refractivity contribution < 1.29 is 24.3 Å². The van der Waals surface area contributed by atoms with Gasteiger partial charge in [0.05, 0.1) is 67.9 Å². The maximum Gasteiger partial charge on any atom is 0.246 e. The molecule has 366 valence electrons. The van der Waals surface area contributed by atoms with Gasteiger partial charge in [-0.05, 0) is 80.3 Å². The Balaban J connectivity index is 0.837. The van der Waals surface area contributed by atoms with Crippen molar-refractivity contribution in [3.8, 4) is 38.5 Å². The molecule has 1 saturated carbocycles. The summed E-state index contributed by atoms with van der Waals surface area (Å²) in [6.45, 7) is 12.7. The fourth-order valence-corrected chi connectivity index (χ4v) is 11.2. The van der Waals surface area contributed by atoms with Crippen molar-refractivity contribution in [2.75, 3.05) is 18.9 Å². The Bertz CT molecular complexity index is 2940. The fourth-order valence-electron chi connectivity index (χ4n) is 9.32. The minimum Gasteiger partial charge on any atom is -0.391 e. The molecule has 19 heteroatoms. The Labute approximate surface area is 415 Å². The molecule has 6 heterocycles. The van der Waals surface area contributed by atoms with E-state index in [0.29, 0.717) is 11.3 Å². The van der Waals surface area contributed by atoms with Crippen molar-refractivity contribution in [1.29, 1.82) is 5.26 Å². The molecule has 2 aliphatic rings. The molecular weight excluding hydrogens is 925 g/mol. The number of pyridine rings is 1. The van der Waals surface area contributed by atoms with Gasteiger partial charge in [0.1, 0.15) is 23.2 Å². The summed E-state index contributed by atoms with van der Waals surface area (Å²) in [5.41, 5.74) is 7.21. The summed E-state index contributed by atoms with van der Waals surface area (Å²) in [6.07, 6.45) is 5.46. The molecule has 1 aromatic carbocycles. The van der Waals surface area contributed by atoms with E-state index in [0.717, 1.165) is 79.9 Å². The monoisotopic (exact) mass is 984 g/mol. The quantitative estimate of drug-likeness (QED) is 0.0730. The largest absolute Gasteiger partial charge is 0.391 e. The van der Waals surface area contributed by atoms with E-state index in [2.05, 4.69) is 47.6 Å². The Morgan fingerprint density at radius 3 is 2.37 bits per heavy atom. The first kappa shape index (κ1) is 49.8. The number of hydrogen-bond acceptors (Lipinski definition) is 14. The summed E-state index contributed by atoms with van der Waals surface area (Å²) in [6, 6.07) is 15.2. The van der Waals surface area contributed by atoms with Crippen molar-refractivity contribution in [2.45, 2.75) is 123 Å². The van der Waals surface area contributed by atoms with Crippen LogP contribution in [0.15, 0.2) is 66.4 Å². The zero-order chi connectivity index (χ0) is 50.1. The van der Waals surface area contributed by atoms with Crippen LogP contribution in [0.25, 0.3) is 37.9 Å². The van der Waals surface area contributed by atoms with E-state index in [-0.39, 0.29) is 49.2 Å². The van der Waals surface area contributed by atoms with Gasteiger partial charge in [-0.2, -0.15) is 10.4 Å². The summed E-state index contributed by atoms with van der Waals surface area (Å²) < 4.78 is 1.76. The van der Waals surface area contributed by atoms with Crippen LogP contribution in [0.2, 0.25) is 0 Å². The molecule has 0 spiro atoms. The second-order valence-corrected chi connectivity index (χ2v) is 22.1. The molecule has 1 aliphatic heterocycles. The number of rotatable bonds is 14. The third-order valence-electron chi connectivity index (χ3n) is 13.4. The molecule has 6 aromatic rings. The second kappa shape index (κ2) is 20.4. The van der Waals surface area contributed by atoms with Crippen molar-refractivity contribution in [2.24, 2.45) is 10.8 Å². The number of nitrogens with zero attached hydrogens (tertiary/aromatic N) is 8. The predicted octanol–water partition coefficient (Wildman–Crippen LogP) is 7.19. The Morgan fingerprint density at radius 1 is 0.957 bits per heavy atom. The van der Waals surface area contributed by atoms with Crippen molar-refractivity contribution in [3.63, 3.8) is 0 Å². The minimum atomic E-state index is -1.17. The molecule has 5 aromatic heterocycles. The highest BCUT2D eigenvalue weighted by Crippen LogP contribution is 2.39. The number of hydrogen-bond donors (Lipinski definition) is 5. The van der Waals surface area contributed by atoms with Crippen molar-refractivity contribution in [3.05, 3.63) is 88.3 Å². The number of fused-ring (bicyclic) bond motifs is 1. The molecule has 1 aliphatic carbocycles. The smallest absolute Gasteiger partial charge is 0.246 e. The van der Waals surface area contributed by atoms with E-state index in [1.807, 2.05) is 89.6 Å². The van der Waals surface area contributed by atoms with Crippen LogP contribution in [-0.4, -0.2) is 101 Å². The fraction of sp³-hybridized carbons (Fsp3) is 0.451. The zero-order valence-electron chi connectivity index (χ0n) is 40.7. The molecule has 4 atom stereocenters. The third-order valence-corrected chi connectivity index (χ3v) is 15.5. The minimum absolute atomic E-state index is 0.0492. The van der Waals surface area contributed by atoms with Gasteiger partial charge in [-0.25, -0.2) is 9.50 Å². The number of carbonyl (C=O) groups excluding carboxylic acids is 4. The number of aromatic nitrogens is 6. The van der Waals surface area contributed by atoms with E-state index < -0.39 is 40.8 Å². The molecule has 0 bridgehead atoms. The molecular formula is C51H60N12O5S2. The number of benzene rings is 1. The summed E-state index contributed by atoms with van der Waals surface area (Å²) in [5, 5.41) is 47.7. The molecule has 5 N–H and O–H groups in total. The standard InChI is InChI=1S/C51H60N12O5S2/c1-28(31-9-11-32(12-10-31)43-29(2)55-27-69-43)57-45(66)41-20-36(64)26-62(41)48(67)44(50(3,4)5)59-49(68)51(6,7)22-42(65)58-34-15-13-33(14-16-34)46-60-61-47(70-46)37-25-54-39(21-38(37)53-8)40-18-17-35-19-30(23-52)24-56-63(35)40/h9-12,17-19,21,24-25,27-28,33-34,36,41,44,64H,13-16,20,22,26H2,1-8H3,(H,53,54)(H,57,66)(H,58,65)(H,59,68)/t28-,33-,34-,36+,41-,44+/m0/s1. The van der Waals surface area contributed by atoms with E-state index in [1.165, 1.54) is 22.4 Å². The van der Waals surface area contributed by atoms with Crippen LogP contribution in [0.3, 0.4) is 0 Å². The van der Waals surface area contributed by atoms with E-state index in [4.69, 9.17) is 4.98 Å². The molecule has 8 rings (SSSR count). The predicted molar refractivity (Wildman–Crippen MR) is 269 cm³/mol. The Morgan fingerprint density at radius 2 is 1.70 bits per heavy atom. The second-order valence-electron chi connectivity index (χ2n) is 20.2. The number of nitrogens with one attached hydrogen (secondary N) is 4. The molecule has 0 radical (unpaired) electrons. The Hall–Kier alpha value is -6.62. The van der Waals surface area contributed by atoms with Gasteiger partial charge in [0, 0.05) is 50.3 Å². The summed E-state index contributed by atoms with van der Waals surface area (Å²) in [5.74, 6) is -1.40. The summed E-state index contributed by atoms with van der Waals surface area (Å²) >= 11 is 3.10. The van der Waals surface area contributed by atoms with Gasteiger partial charge in [0.25, 0.3) is 0 Å². The number of likely N-dealkylation sites (tertiary alicyclic amines) is 1. The van der Waals surface area contributed by atoms with Crippen LogP contribution >= 0.6 is 22.7 Å². The van der Waals surface area contributed by atoms with Crippen LogP contribution in [0.5, 0.6) is 0 Å². The highest BCUT2D eigenvalue weighted by atomic mass is 32.1. The molecule has 70 heavy (non-hydrogen) atoms. The van der Waals surface area contributed by atoms with Gasteiger partial charge in [-0.15, -0.1) is 21.5 Å². The number of amides is 4. The molecule has 4 amide bonds. The SMILES string of the molecule is CNc1cc(-c2ccc3cc(C#N)cnn23)ncc1-c1nnc([C@H]2CC[C@H](NC(=O)CC(C)(C)C(=O)N[C@H](C(=O)N3C[C@H](O)C[C@H]3C(=O)N[C@@H](C)c3ccc(-c4scnc4C)cc3)C(C)(C)C)CC2)s1. The lowest BCUT2D eigenvalue weighted by atomic mass is 9.82. The van der Waals surface area contributed by atoms with E-state index in [9.17, 15) is 29.5 Å². The number of thiazole rings is 1. The summed E-state index contributed by atoms with van der Waals surface area (Å²) in [7, 11) is 1.85. The number of anilines is 1. The number of aliphatic hydroxyl groups is 1. The van der Waals surface area contributed by atoms with Crippen LogP contribution in [0.4, 0.5) is 5.69 Å². The summed E-state index contributed by atoms with van der Waals surface area (Å²) in [4.78, 5) is 67.3. The van der Waals surface area contributed by atoms with Crippen LogP contribution in [-0.2, 0) is 19.2 Å². The van der Waals surface area contributed by atoms with Gasteiger partial charge < -0.3 is 31.3 Å². The van der Waals surface area contributed by atoms with Crippen LogP contribution < -0.4 is 21.3 Å². The van der Waals surface area contributed by atoms with Gasteiger partial charge in [-0.3, -0.25) is 24.2 Å². The number of carbonyl (C=O) groups is 4. The van der Waals surface area contributed by atoms with Gasteiger partial charge >= 0.3 is 0 Å². The molecule has 17 nitrogen and oxygen atoms in total. The first-order valence-corrected chi connectivity index (χ1v) is 25.3. The number of β-amino-alcohol motifs (C(OH)–C–C–N with tert-alkyl or cyclic N) is 1. The van der Waals surface area contributed by atoms with Crippen molar-refractivity contribution >= 4 is 57.5 Å². The Kier molecular flexibility index (Phi) is 14.5. The highest BCUT2D eigenvalue weighted by Gasteiger charge is 2.46. The van der Waals surface area contributed by atoms with Gasteiger partial charge in [0.15, 0.2) is 5.01 Å². The maximum atomic E-state index is 14.4. The highest BCUT2D eigenvalue weighted by molar-refractivity contribution is 7.14. The molecule has 1 saturated heterocycles. The third kappa shape index (κ3) is 10.7. The van der Waals surface area contributed by atoms with Gasteiger partial charge in [0.2, 0.25) is 23.6 Å². The average molecular weight is 985 g/mol. The van der Waals surface area contributed by atoms with Crippen molar-refractivity contribution in [1.82, 2.24) is 50.6 Å². The molecule has 2 fully saturated rings. The lowest BCUT2D eigenvalue weighted by molar-refractivity contribution is -0.146.